The number of sulfone groups is 1. The summed E-state index contributed by atoms with van der Waals surface area (Å²) in [4.78, 5) is 18.3. The summed E-state index contributed by atoms with van der Waals surface area (Å²) >= 11 is 0. The molecule has 1 aromatic carbocycles. The summed E-state index contributed by atoms with van der Waals surface area (Å²) in [5.41, 5.74) is 0.0585. The van der Waals surface area contributed by atoms with E-state index in [9.17, 15) is 18.5 Å². The Hall–Kier alpha value is -2.75. The van der Waals surface area contributed by atoms with Crippen molar-refractivity contribution in [2.24, 2.45) is 0 Å². The highest BCUT2D eigenvalue weighted by Gasteiger charge is 2.24. The Morgan fingerprint density at radius 3 is 2.43 bits per heavy atom. The summed E-state index contributed by atoms with van der Waals surface area (Å²) < 4.78 is 28.0. The van der Waals surface area contributed by atoms with Crippen molar-refractivity contribution >= 4 is 27.0 Å². The number of ether oxygens (including phenoxy) is 1. The maximum absolute atomic E-state index is 11.4. The van der Waals surface area contributed by atoms with Gasteiger partial charge in [0.2, 0.25) is 5.82 Å². The Bertz CT molecular complexity index is 821. The normalized spacial score (nSPS) is 11.0. The van der Waals surface area contributed by atoms with Crippen LogP contribution in [0, 0.1) is 10.1 Å². The molecule has 0 aliphatic carbocycles. The van der Waals surface area contributed by atoms with Crippen LogP contribution in [0.1, 0.15) is 6.92 Å². The Kier molecular flexibility index (Phi) is 4.74. The summed E-state index contributed by atoms with van der Waals surface area (Å²) in [5, 5.41) is 14.0. The van der Waals surface area contributed by atoms with E-state index in [0.717, 1.165) is 12.6 Å². The molecule has 122 valence electrons. The van der Waals surface area contributed by atoms with Crippen LogP contribution in [-0.4, -0.2) is 36.2 Å². The Morgan fingerprint density at radius 2 is 1.91 bits per heavy atom. The second kappa shape index (κ2) is 6.57. The molecule has 23 heavy (non-hydrogen) atoms. The van der Waals surface area contributed by atoms with Gasteiger partial charge in [-0.15, -0.1) is 0 Å². The Morgan fingerprint density at radius 1 is 1.26 bits per heavy atom. The number of anilines is 2. The Balaban J connectivity index is 2.36. The second-order valence-electron chi connectivity index (χ2n) is 4.49. The zero-order valence-corrected chi connectivity index (χ0v) is 13.2. The fraction of sp³-hybridized carbons (Fsp3) is 0.231. The highest BCUT2D eigenvalue weighted by molar-refractivity contribution is 7.90. The van der Waals surface area contributed by atoms with Gasteiger partial charge in [-0.3, -0.25) is 10.1 Å². The lowest BCUT2D eigenvalue weighted by atomic mass is 10.3. The van der Waals surface area contributed by atoms with Crippen molar-refractivity contribution in [3.63, 3.8) is 0 Å². The van der Waals surface area contributed by atoms with Crippen molar-refractivity contribution in [2.75, 3.05) is 18.2 Å². The molecule has 0 unspecified atom stereocenters. The first-order valence-corrected chi connectivity index (χ1v) is 8.41. The Labute approximate surface area is 132 Å². The molecule has 0 bridgehead atoms. The lowest BCUT2D eigenvalue weighted by Crippen LogP contribution is -2.05. The first kappa shape index (κ1) is 16.6. The monoisotopic (exact) mass is 338 g/mol. The van der Waals surface area contributed by atoms with Crippen LogP contribution >= 0.6 is 0 Å². The number of nitro groups is 1. The standard InChI is InChI=1S/C13H14N4O5S/c1-3-22-13-11(17(18)19)12(14-8-15-13)16-9-4-6-10(7-5-9)23(2,20)21/h4-8H,3H2,1-2H3,(H,14,15,16). The van der Waals surface area contributed by atoms with Gasteiger partial charge in [-0.1, -0.05) is 0 Å². The summed E-state index contributed by atoms with van der Waals surface area (Å²) in [7, 11) is -3.31. The second-order valence-corrected chi connectivity index (χ2v) is 6.50. The van der Waals surface area contributed by atoms with Crippen LogP contribution in [-0.2, 0) is 9.84 Å². The van der Waals surface area contributed by atoms with E-state index in [4.69, 9.17) is 4.74 Å². The average Bonchev–Trinajstić information content (AvgIpc) is 2.47. The molecule has 0 saturated heterocycles. The summed E-state index contributed by atoms with van der Waals surface area (Å²) in [6, 6.07) is 5.77. The molecule has 10 heteroatoms. The van der Waals surface area contributed by atoms with Crippen molar-refractivity contribution in [2.45, 2.75) is 11.8 Å². The lowest BCUT2D eigenvalue weighted by molar-refractivity contribution is -0.385. The molecule has 0 saturated carbocycles. The van der Waals surface area contributed by atoms with Gasteiger partial charge in [-0.25, -0.2) is 13.4 Å². The number of hydrogen-bond donors (Lipinski definition) is 1. The van der Waals surface area contributed by atoms with E-state index in [0.29, 0.717) is 5.69 Å². The zero-order valence-electron chi connectivity index (χ0n) is 12.4. The van der Waals surface area contributed by atoms with Gasteiger partial charge in [0.05, 0.1) is 16.4 Å². The molecule has 0 aliphatic rings. The van der Waals surface area contributed by atoms with Crippen molar-refractivity contribution < 1.29 is 18.1 Å². The van der Waals surface area contributed by atoms with Gasteiger partial charge >= 0.3 is 5.69 Å². The fourth-order valence-electron chi connectivity index (χ4n) is 1.78. The molecule has 1 heterocycles. The van der Waals surface area contributed by atoms with Crippen molar-refractivity contribution in [1.29, 1.82) is 0 Å². The maximum Gasteiger partial charge on any atom is 0.373 e. The molecule has 9 nitrogen and oxygen atoms in total. The number of hydrogen-bond acceptors (Lipinski definition) is 8. The molecular formula is C13H14N4O5S. The van der Waals surface area contributed by atoms with Gasteiger partial charge in [0.15, 0.2) is 9.84 Å². The fourth-order valence-corrected chi connectivity index (χ4v) is 2.41. The first-order valence-electron chi connectivity index (χ1n) is 6.52. The van der Waals surface area contributed by atoms with Crippen LogP contribution in [0.5, 0.6) is 5.88 Å². The van der Waals surface area contributed by atoms with E-state index in [1.807, 2.05) is 0 Å². The highest BCUT2D eigenvalue weighted by atomic mass is 32.2. The van der Waals surface area contributed by atoms with Gasteiger partial charge < -0.3 is 10.1 Å². The van der Waals surface area contributed by atoms with E-state index >= 15 is 0 Å². The predicted molar refractivity (Wildman–Crippen MR) is 82.7 cm³/mol. The summed E-state index contributed by atoms with van der Waals surface area (Å²) in [6.07, 6.45) is 2.24. The van der Waals surface area contributed by atoms with E-state index in [1.54, 1.807) is 6.92 Å². The average molecular weight is 338 g/mol. The largest absolute Gasteiger partial charge is 0.473 e. The van der Waals surface area contributed by atoms with Crippen LogP contribution in [0.3, 0.4) is 0 Å². The molecule has 0 spiro atoms. The van der Waals surface area contributed by atoms with E-state index in [2.05, 4.69) is 15.3 Å². The number of aromatic nitrogens is 2. The molecule has 0 radical (unpaired) electrons. The van der Waals surface area contributed by atoms with Crippen molar-refractivity contribution in [3.8, 4) is 5.88 Å². The molecule has 2 rings (SSSR count). The van der Waals surface area contributed by atoms with Gasteiger partial charge in [-0.2, -0.15) is 4.98 Å². The minimum Gasteiger partial charge on any atom is -0.473 e. The van der Waals surface area contributed by atoms with E-state index < -0.39 is 14.8 Å². The number of nitrogens with zero attached hydrogens (tertiary/aromatic N) is 3. The van der Waals surface area contributed by atoms with Crippen LogP contribution in [0.15, 0.2) is 35.5 Å². The summed E-state index contributed by atoms with van der Waals surface area (Å²) in [5.74, 6) is -0.177. The molecule has 0 aliphatic heterocycles. The SMILES string of the molecule is CCOc1ncnc(Nc2ccc(S(C)(=O)=O)cc2)c1[N+](=O)[O-]. The van der Waals surface area contributed by atoms with Gasteiger partial charge in [0.25, 0.3) is 5.88 Å². The molecule has 2 aromatic rings. The van der Waals surface area contributed by atoms with Crippen LogP contribution in [0.2, 0.25) is 0 Å². The molecule has 1 N–H and O–H groups in total. The minimum atomic E-state index is -3.31. The van der Waals surface area contributed by atoms with Crippen molar-refractivity contribution in [1.82, 2.24) is 9.97 Å². The van der Waals surface area contributed by atoms with E-state index in [-0.39, 0.29) is 28.9 Å². The molecular weight excluding hydrogens is 324 g/mol. The molecule has 0 amide bonds. The quantitative estimate of drug-likeness (QED) is 0.625. The molecule has 0 atom stereocenters. The third-order valence-electron chi connectivity index (χ3n) is 2.80. The van der Waals surface area contributed by atoms with Crippen molar-refractivity contribution in [3.05, 3.63) is 40.7 Å². The van der Waals surface area contributed by atoms with E-state index in [1.165, 1.54) is 24.3 Å². The minimum absolute atomic E-state index is 0.0412. The third kappa shape index (κ3) is 3.92. The molecule has 0 fully saturated rings. The van der Waals surface area contributed by atoms with Gasteiger partial charge in [-0.05, 0) is 31.2 Å². The zero-order chi connectivity index (χ0) is 17.0. The van der Waals surface area contributed by atoms with Crippen LogP contribution < -0.4 is 10.1 Å². The maximum atomic E-state index is 11.4. The predicted octanol–water partition coefficient (Wildman–Crippen LogP) is 1.93. The molecule has 1 aromatic heterocycles. The van der Waals surface area contributed by atoms with Gasteiger partial charge in [0.1, 0.15) is 6.33 Å². The smallest absolute Gasteiger partial charge is 0.373 e. The lowest BCUT2D eigenvalue weighted by Gasteiger charge is -2.09. The third-order valence-corrected chi connectivity index (χ3v) is 3.93. The summed E-state index contributed by atoms with van der Waals surface area (Å²) in [6.45, 7) is 1.91. The first-order chi connectivity index (χ1) is 10.8. The highest BCUT2D eigenvalue weighted by Crippen LogP contribution is 2.32. The van der Waals surface area contributed by atoms with Gasteiger partial charge in [0, 0.05) is 11.9 Å². The number of rotatable bonds is 6. The number of nitrogens with one attached hydrogen (secondary N) is 1. The van der Waals surface area contributed by atoms with Crippen LogP contribution in [0.4, 0.5) is 17.2 Å². The van der Waals surface area contributed by atoms with Crippen LogP contribution in [0.25, 0.3) is 0 Å². The number of benzene rings is 1. The topological polar surface area (TPSA) is 124 Å².